The number of anilines is 1. The predicted octanol–water partition coefficient (Wildman–Crippen LogP) is 3.37. The van der Waals surface area contributed by atoms with E-state index in [0.717, 1.165) is 22.9 Å². The molecule has 1 aromatic rings. The van der Waals surface area contributed by atoms with Crippen LogP contribution in [0, 0.1) is 11.2 Å². The highest BCUT2D eigenvalue weighted by Gasteiger charge is 2.22. The number of thioether (sulfide) groups is 1. The molecule has 14 heavy (non-hydrogen) atoms. The van der Waals surface area contributed by atoms with Gasteiger partial charge in [-0.3, -0.25) is 0 Å². The van der Waals surface area contributed by atoms with Gasteiger partial charge in [-0.15, -0.1) is 11.8 Å². The van der Waals surface area contributed by atoms with Crippen LogP contribution in [0.25, 0.3) is 0 Å². The first-order chi connectivity index (χ1) is 6.57. The fourth-order valence-electron chi connectivity index (χ4n) is 1.42. The summed E-state index contributed by atoms with van der Waals surface area (Å²) in [5, 5.41) is 3.36. The van der Waals surface area contributed by atoms with Crippen molar-refractivity contribution in [1.82, 2.24) is 0 Å². The maximum absolute atomic E-state index is 13.0. The third-order valence-corrected chi connectivity index (χ3v) is 3.89. The van der Waals surface area contributed by atoms with Gasteiger partial charge in [0.25, 0.3) is 0 Å². The molecule has 1 nitrogen and oxygen atoms in total. The Morgan fingerprint density at radius 2 is 2.21 bits per heavy atom. The minimum atomic E-state index is -0.155. The molecular weight excluding hydrogens is 197 g/mol. The first kappa shape index (κ1) is 9.84. The molecule has 0 spiro atoms. The zero-order valence-corrected chi connectivity index (χ0v) is 9.25. The predicted molar refractivity (Wildman–Crippen MR) is 59.4 cm³/mol. The summed E-state index contributed by atoms with van der Waals surface area (Å²) in [5.41, 5.74) is 1.32. The third-order valence-electron chi connectivity index (χ3n) is 2.32. The number of fused-ring (bicyclic) bond motifs is 1. The largest absolute Gasteiger partial charge is 0.384 e. The molecule has 2 rings (SSSR count). The Labute approximate surface area is 88.1 Å². The minimum Gasteiger partial charge on any atom is -0.384 e. The van der Waals surface area contributed by atoms with Gasteiger partial charge in [0.15, 0.2) is 0 Å². The molecule has 0 amide bonds. The Morgan fingerprint density at radius 3 is 3.00 bits per heavy atom. The zero-order chi connectivity index (χ0) is 10.2. The minimum absolute atomic E-state index is 0.155. The number of benzene rings is 1. The van der Waals surface area contributed by atoms with Crippen molar-refractivity contribution in [1.29, 1.82) is 0 Å². The molecule has 76 valence electrons. The number of rotatable bonds is 0. The van der Waals surface area contributed by atoms with Crippen LogP contribution in [0.2, 0.25) is 0 Å². The van der Waals surface area contributed by atoms with Crippen molar-refractivity contribution in [2.45, 2.75) is 18.7 Å². The van der Waals surface area contributed by atoms with Gasteiger partial charge in [0.05, 0.1) is 0 Å². The maximum Gasteiger partial charge on any atom is 0.124 e. The molecule has 0 aromatic heterocycles. The quantitative estimate of drug-likeness (QED) is 0.706. The topological polar surface area (TPSA) is 12.0 Å². The van der Waals surface area contributed by atoms with E-state index >= 15 is 0 Å². The van der Waals surface area contributed by atoms with Crippen molar-refractivity contribution in [3.05, 3.63) is 24.0 Å². The van der Waals surface area contributed by atoms with Crippen molar-refractivity contribution in [2.24, 2.45) is 5.41 Å². The van der Waals surface area contributed by atoms with Gasteiger partial charge in [-0.05, 0) is 23.6 Å². The van der Waals surface area contributed by atoms with Gasteiger partial charge in [-0.25, -0.2) is 4.39 Å². The first-order valence-corrected chi connectivity index (χ1v) is 5.72. The van der Waals surface area contributed by atoms with Gasteiger partial charge >= 0.3 is 0 Å². The van der Waals surface area contributed by atoms with Crippen LogP contribution in [0.1, 0.15) is 13.8 Å². The van der Waals surface area contributed by atoms with Gasteiger partial charge in [-0.1, -0.05) is 13.8 Å². The SMILES string of the molecule is CC1(C)CNc2ccc(F)cc2SC1. The summed E-state index contributed by atoms with van der Waals surface area (Å²) >= 11 is 1.73. The van der Waals surface area contributed by atoms with Crippen LogP contribution in [0.5, 0.6) is 0 Å². The lowest BCUT2D eigenvalue weighted by atomic mass is 9.96. The number of hydrogen-bond donors (Lipinski definition) is 1. The highest BCUT2D eigenvalue weighted by atomic mass is 32.2. The average Bonchev–Trinajstić information content (AvgIpc) is 2.26. The van der Waals surface area contributed by atoms with Crippen LogP contribution in [-0.4, -0.2) is 12.3 Å². The molecular formula is C11H14FNS. The molecule has 0 saturated heterocycles. The fourth-order valence-corrected chi connectivity index (χ4v) is 2.56. The molecule has 0 atom stereocenters. The van der Waals surface area contributed by atoms with Crippen LogP contribution in [-0.2, 0) is 0 Å². The Balaban J connectivity index is 2.30. The van der Waals surface area contributed by atoms with E-state index in [4.69, 9.17) is 0 Å². The highest BCUT2D eigenvalue weighted by Crippen LogP contribution is 2.36. The van der Waals surface area contributed by atoms with E-state index in [1.54, 1.807) is 17.8 Å². The lowest BCUT2D eigenvalue weighted by molar-refractivity contribution is 0.456. The summed E-state index contributed by atoms with van der Waals surface area (Å²) in [6.07, 6.45) is 0. The summed E-state index contributed by atoms with van der Waals surface area (Å²) in [5.74, 6) is 0.869. The lowest BCUT2D eigenvalue weighted by Crippen LogP contribution is -2.23. The molecule has 0 fully saturated rings. The molecule has 0 bridgehead atoms. The molecule has 0 unspecified atom stereocenters. The van der Waals surface area contributed by atoms with Crippen molar-refractivity contribution in [3.63, 3.8) is 0 Å². The second kappa shape index (κ2) is 3.46. The summed E-state index contributed by atoms with van der Waals surface area (Å²) < 4.78 is 13.0. The molecule has 1 heterocycles. The van der Waals surface area contributed by atoms with Crippen LogP contribution < -0.4 is 5.32 Å². The van der Waals surface area contributed by atoms with Gasteiger partial charge in [0.2, 0.25) is 0 Å². The smallest absolute Gasteiger partial charge is 0.124 e. The van der Waals surface area contributed by atoms with Crippen molar-refractivity contribution in [3.8, 4) is 0 Å². The zero-order valence-electron chi connectivity index (χ0n) is 8.43. The normalized spacial score (nSPS) is 19.4. The van der Waals surface area contributed by atoms with Gasteiger partial charge in [0.1, 0.15) is 5.82 Å². The van der Waals surface area contributed by atoms with Crippen LogP contribution in [0.15, 0.2) is 23.1 Å². The first-order valence-electron chi connectivity index (χ1n) is 4.73. The standard InChI is InChI=1S/C11H14FNS/c1-11(2)6-13-9-4-3-8(12)5-10(9)14-7-11/h3-5,13H,6-7H2,1-2H3. The fraction of sp³-hybridized carbons (Fsp3) is 0.455. The highest BCUT2D eigenvalue weighted by molar-refractivity contribution is 7.99. The van der Waals surface area contributed by atoms with Gasteiger partial charge in [-0.2, -0.15) is 0 Å². The monoisotopic (exact) mass is 211 g/mol. The van der Waals surface area contributed by atoms with E-state index in [0.29, 0.717) is 0 Å². The number of halogens is 1. The second-order valence-corrected chi connectivity index (χ2v) is 5.46. The third kappa shape index (κ3) is 2.03. The van der Waals surface area contributed by atoms with Gasteiger partial charge < -0.3 is 5.32 Å². The molecule has 1 aliphatic rings. The van der Waals surface area contributed by atoms with Crippen LogP contribution >= 0.6 is 11.8 Å². The van der Waals surface area contributed by atoms with E-state index in [9.17, 15) is 4.39 Å². The summed E-state index contributed by atoms with van der Waals surface area (Å²) in [6.45, 7) is 5.38. The molecule has 1 N–H and O–H groups in total. The number of nitrogens with one attached hydrogen (secondary N) is 1. The molecule has 0 radical (unpaired) electrons. The molecule has 1 aromatic carbocycles. The van der Waals surface area contributed by atoms with E-state index < -0.39 is 0 Å². The summed E-state index contributed by atoms with van der Waals surface area (Å²) in [7, 11) is 0. The van der Waals surface area contributed by atoms with E-state index in [1.807, 2.05) is 6.07 Å². The average molecular weight is 211 g/mol. The van der Waals surface area contributed by atoms with Crippen molar-refractivity contribution in [2.75, 3.05) is 17.6 Å². The lowest BCUT2D eigenvalue weighted by Gasteiger charge is -2.21. The van der Waals surface area contributed by atoms with Crippen molar-refractivity contribution < 1.29 is 4.39 Å². The molecule has 0 saturated carbocycles. The van der Waals surface area contributed by atoms with E-state index in [2.05, 4.69) is 19.2 Å². The Kier molecular flexibility index (Phi) is 2.43. The van der Waals surface area contributed by atoms with Crippen LogP contribution in [0.3, 0.4) is 0 Å². The molecule has 3 heteroatoms. The Morgan fingerprint density at radius 1 is 1.43 bits per heavy atom. The summed E-state index contributed by atoms with van der Waals surface area (Å²) in [6, 6.07) is 4.93. The number of hydrogen-bond acceptors (Lipinski definition) is 2. The Bertz CT molecular complexity index is 349. The van der Waals surface area contributed by atoms with E-state index in [1.165, 1.54) is 6.07 Å². The second-order valence-electron chi connectivity index (χ2n) is 4.45. The van der Waals surface area contributed by atoms with Crippen LogP contribution in [0.4, 0.5) is 10.1 Å². The van der Waals surface area contributed by atoms with Crippen molar-refractivity contribution >= 4 is 17.4 Å². The summed E-state index contributed by atoms with van der Waals surface area (Å²) in [4.78, 5) is 1.02. The van der Waals surface area contributed by atoms with E-state index in [-0.39, 0.29) is 11.2 Å². The molecule has 1 aliphatic heterocycles. The maximum atomic E-state index is 13.0. The Hall–Kier alpha value is -0.700. The van der Waals surface area contributed by atoms with Gasteiger partial charge in [0, 0.05) is 22.9 Å². The molecule has 0 aliphatic carbocycles.